The van der Waals surface area contributed by atoms with Crippen molar-refractivity contribution in [3.63, 3.8) is 0 Å². The Balaban J connectivity index is 1.84. The second kappa shape index (κ2) is 7.54. The minimum Gasteiger partial charge on any atom is -0.417 e. The van der Waals surface area contributed by atoms with Crippen molar-refractivity contribution in [2.75, 3.05) is 0 Å². The highest BCUT2D eigenvalue weighted by atomic mass is 19.3. The van der Waals surface area contributed by atoms with E-state index in [0.717, 1.165) is 19.3 Å². The number of alkyl halides is 2. The van der Waals surface area contributed by atoms with E-state index in [4.69, 9.17) is 0 Å². The van der Waals surface area contributed by atoms with Gasteiger partial charge in [0.1, 0.15) is 0 Å². The highest BCUT2D eigenvalue weighted by Gasteiger charge is 2.35. The highest BCUT2D eigenvalue weighted by Crippen LogP contribution is 2.27. The van der Waals surface area contributed by atoms with Crippen molar-refractivity contribution in [1.29, 1.82) is 0 Å². The zero-order chi connectivity index (χ0) is 16.9. The van der Waals surface area contributed by atoms with Crippen LogP contribution in [0.5, 0.6) is 5.88 Å². The molecule has 0 radical (unpaired) electrons. The lowest BCUT2D eigenvalue weighted by molar-refractivity contribution is -0.0529. The first-order valence-corrected chi connectivity index (χ1v) is 7.53. The third-order valence-electron chi connectivity index (χ3n) is 3.94. The van der Waals surface area contributed by atoms with Crippen LogP contribution >= 0.6 is 0 Å². The number of rotatable bonds is 5. The molecule has 1 aromatic heterocycles. The van der Waals surface area contributed by atoms with Gasteiger partial charge in [0.05, 0.1) is 11.6 Å². The summed E-state index contributed by atoms with van der Waals surface area (Å²) in [4.78, 5) is 15.6. The van der Waals surface area contributed by atoms with Crippen molar-refractivity contribution in [2.24, 2.45) is 0 Å². The molecule has 6 nitrogen and oxygen atoms in total. The standard InChI is InChI=1S/C15H21F2N3O3/c1-15(22)6-3-2-4-11(15)20-14(21)19-9-10-5-7-18-12(8-10)23-13(16)17/h5,7-8,11,13,22H,2-4,6,9H2,1H3,(H2,19,20,21). The Morgan fingerprint density at radius 2 is 2.35 bits per heavy atom. The molecule has 3 N–H and O–H groups in total. The van der Waals surface area contributed by atoms with Gasteiger partial charge in [-0.25, -0.2) is 9.78 Å². The molecule has 1 fully saturated rings. The molecule has 2 atom stereocenters. The van der Waals surface area contributed by atoms with Crippen LogP contribution < -0.4 is 15.4 Å². The van der Waals surface area contributed by atoms with Gasteiger partial charge in [-0.05, 0) is 31.4 Å². The molecule has 0 saturated heterocycles. The minimum absolute atomic E-state index is 0.142. The Morgan fingerprint density at radius 1 is 1.57 bits per heavy atom. The van der Waals surface area contributed by atoms with Crippen molar-refractivity contribution < 1.29 is 23.4 Å². The number of nitrogens with zero attached hydrogens (tertiary/aromatic N) is 1. The Bertz CT molecular complexity index is 540. The van der Waals surface area contributed by atoms with Gasteiger partial charge in [0.25, 0.3) is 0 Å². The number of aliphatic hydroxyl groups is 1. The predicted molar refractivity (Wildman–Crippen MR) is 79.1 cm³/mol. The lowest BCUT2D eigenvalue weighted by Gasteiger charge is -2.37. The SMILES string of the molecule is CC1(O)CCCCC1NC(=O)NCc1ccnc(OC(F)F)c1. The summed E-state index contributed by atoms with van der Waals surface area (Å²) in [5.74, 6) is -0.199. The molecule has 1 aliphatic rings. The van der Waals surface area contributed by atoms with Crippen LogP contribution in [-0.2, 0) is 6.54 Å². The fraction of sp³-hybridized carbons (Fsp3) is 0.600. The Morgan fingerprint density at radius 3 is 3.04 bits per heavy atom. The van der Waals surface area contributed by atoms with E-state index >= 15 is 0 Å². The van der Waals surface area contributed by atoms with E-state index < -0.39 is 18.2 Å². The summed E-state index contributed by atoms with van der Waals surface area (Å²) >= 11 is 0. The third-order valence-corrected chi connectivity index (χ3v) is 3.94. The molecule has 0 aliphatic heterocycles. The number of ether oxygens (including phenoxy) is 1. The largest absolute Gasteiger partial charge is 0.417 e. The van der Waals surface area contributed by atoms with E-state index in [9.17, 15) is 18.7 Å². The lowest BCUT2D eigenvalue weighted by Crippen LogP contribution is -2.54. The fourth-order valence-corrected chi connectivity index (χ4v) is 2.65. The van der Waals surface area contributed by atoms with Gasteiger partial charge in [-0.1, -0.05) is 12.8 Å². The fourth-order valence-electron chi connectivity index (χ4n) is 2.65. The first-order chi connectivity index (χ1) is 10.9. The van der Waals surface area contributed by atoms with Crippen LogP contribution in [0.1, 0.15) is 38.2 Å². The number of halogens is 2. The minimum atomic E-state index is -2.94. The quantitative estimate of drug-likeness (QED) is 0.773. The molecule has 23 heavy (non-hydrogen) atoms. The third kappa shape index (κ3) is 5.31. The van der Waals surface area contributed by atoms with Crippen LogP contribution in [0.25, 0.3) is 0 Å². The molecule has 2 rings (SSSR count). The molecule has 1 aliphatic carbocycles. The van der Waals surface area contributed by atoms with Crippen molar-refractivity contribution in [3.8, 4) is 5.88 Å². The molecular formula is C15H21F2N3O3. The summed E-state index contributed by atoms with van der Waals surface area (Å²) < 4.78 is 28.5. The van der Waals surface area contributed by atoms with E-state index in [1.807, 2.05) is 0 Å². The van der Waals surface area contributed by atoms with E-state index in [-0.39, 0.29) is 18.5 Å². The molecule has 0 bridgehead atoms. The second-order valence-corrected chi connectivity index (χ2v) is 5.86. The van der Waals surface area contributed by atoms with Crippen molar-refractivity contribution in [1.82, 2.24) is 15.6 Å². The summed E-state index contributed by atoms with van der Waals surface area (Å²) in [5.41, 5.74) is -0.328. The van der Waals surface area contributed by atoms with Gasteiger partial charge < -0.3 is 20.5 Å². The molecule has 0 spiro atoms. The van der Waals surface area contributed by atoms with E-state index in [0.29, 0.717) is 12.0 Å². The predicted octanol–water partition coefficient (Wildman–Crippen LogP) is 2.18. The summed E-state index contributed by atoms with van der Waals surface area (Å²) in [6, 6.07) is 2.22. The molecule has 0 aromatic carbocycles. The Labute approximate surface area is 133 Å². The van der Waals surface area contributed by atoms with E-state index in [1.165, 1.54) is 12.3 Å². The maximum atomic E-state index is 12.1. The Hall–Kier alpha value is -1.96. The van der Waals surface area contributed by atoms with Crippen LogP contribution in [0, 0.1) is 0 Å². The average molecular weight is 329 g/mol. The maximum Gasteiger partial charge on any atom is 0.388 e. The molecule has 1 aromatic rings. The summed E-state index contributed by atoms with van der Waals surface area (Å²) in [6.07, 6.45) is 4.60. The topological polar surface area (TPSA) is 83.5 Å². The first kappa shape index (κ1) is 17.4. The molecule has 2 amide bonds. The molecule has 1 saturated carbocycles. The number of amides is 2. The van der Waals surface area contributed by atoms with Crippen LogP contribution in [0.15, 0.2) is 18.3 Å². The number of urea groups is 1. The molecule has 8 heteroatoms. The van der Waals surface area contributed by atoms with Crippen molar-refractivity contribution in [3.05, 3.63) is 23.9 Å². The number of pyridine rings is 1. The van der Waals surface area contributed by atoms with Gasteiger partial charge in [-0.2, -0.15) is 8.78 Å². The van der Waals surface area contributed by atoms with Gasteiger partial charge >= 0.3 is 12.6 Å². The van der Waals surface area contributed by atoms with Crippen LogP contribution in [0.2, 0.25) is 0 Å². The number of carbonyl (C=O) groups is 1. The lowest BCUT2D eigenvalue weighted by atomic mass is 9.82. The van der Waals surface area contributed by atoms with Crippen LogP contribution in [-0.4, -0.2) is 34.4 Å². The summed E-state index contributed by atoms with van der Waals surface area (Å²) in [5, 5.41) is 15.6. The molecule has 128 valence electrons. The van der Waals surface area contributed by atoms with E-state index in [2.05, 4.69) is 20.4 Å². The van der Waals surface area contributed by atoms with Crippen molar-refractivity contribution >= 4 is 6.03 Å². The summed E-state index contributed by atoms with van der Waals surface area (Å²) in [7, 11) is 0. The van der Waals surface area contributed by atoms with Crippen LogP contribution in [0.4, 0.5) is 13.6 Å². The molecule has 1 heterocycles. The zero-order valence-electron chi connectivity index (χ0n) is 12.9. The smallest absolute Gasteiger partial charge is 0.388 e. The number of nitrogens with one attached hydrogen (secondary N) is 2. The van der Waals surface area contributed by atoms with Gasteiger partial charge in [0.2, 0.25) is 5.88 Å². The normalized spacial score (nSPS) is 24.3. The number of hydrogen-bond acceptors (Lipinski definition) is 4. The summed E-state index contributed by atoms with van der Waals surface area (Å²) in [6.45, 7) is -1.08. The van der Waals surface area contributed by atoms with Gasteiger partial charge in [0.15, 0.2) is 0 Å². The van der Waals surface area contributed by atoms with Gasteiger partial charge in [0, 0.05) is 18.8 Å². The average Bonchev–Trinajstić information content (AvgIpc) is 2.47. The molecule has 2 unspecified atom stereocenters. The number of hydrogen-bond donors (Lipinski definition) is 3. The molecular weight excluding hydrogens is 308 g/mol. The van der Waals surface area contributed by atoms with Gasteiger partial charge in [-0.3, -0.25) is 0 Å². The van der Waals surface area contributed by atoms with E-state index in [1.54, 1.807) is 13.0 Å². The number of carbonyl (C=O) groups excluding carboxylic acids is 1. The van der Waals surface area contributed by atoms with Crippen molar-refractivity contribution in [2.45, 2.75) is 57.4 Å². The Kier molecular flexibility index (Phi) is 5.70. The first-order valence-electron chi connectivity index (χ1n) is 7.53. The van der Waals surface area contributed by atoms with Crippen LogP contribution in [0.3, 0.4) is 0 Å². The highest BCUT2D eigenvalue weighted by molar-refractivity contribution is 5.74. The number of aromatic nitrogens is 1. The second-order valence-electron chi connectivity index (χ2n) is 5.86. The maximum absolute atomic E-state index is 12.1. The zero-order valence-corrected chi connectivity index (χ0v) is 12.9. The van der Waals surface area contributed by atoms with Gasteiger partial charge in [-0.15, -0.1) is 0 Å². The monoisotopic (exact) mass is 329 g/mol.